The van der Waals surface area contributed by atoms with Gasteiger partial charge in [0.2, 0.25) is 0 Å². The topological polar surface area (TPSA) is 46.5 Å². The zero-order valence-corrected chi connectivity index (χ0v) is 18.9. The van der Waals surface area contributed by atoms with Crippen LogP contribution in [0.4, 0.5) is 0 Å². The van der Waals surface area contributed by atoms with Crippen molar-refractivity contribution in [2.75, 3.05) is 0 Å². The molecule has 1 aliphatic heterocycles. The van der Waals surface area contributed by atoms with E-state index in [1.807, 2.05) is 0 Å². The highest BCUT2D eigenvalue weighted by molar-refractivity contribution is 5.75. The Bertz CT molecular complexity index is 369. The molecule has 28 heavy (non-hydrogen) atoms. The zero-order chi connectivity index (χ0) is 20.5. The first-order chi connectivity index (χ1) is 13.7. The molecule has 0 aromatic carbocycles. The van der Waals surface area contributed by atoms with Gasteiger partial charge in [0.15, 0.2) is 0 Å². The standard InChI is InChI=1S/C25H48O3/c1-3-4-5-6-7-8-9-10-11-12-13-14-15-16-17-18-19-20-21-23-24(26)22(2)28-25(23)27/h22-24,26H,3-21H2,1-2H3/t22-,23+,24+/m1/s1. The SMILES string of the molecule is CCCCCCCCCCCCCCCCCCCC[C@@H]1C(=O)O[C@H](C)[C@@H]1O. The molecular weight excluding hydrogens is 348 g/mol. The monoisotopic (exact) mass is 396 g/mol. The average Bonchev–Trinajstić information content (AvgIpc) is 2.92. The molecule has 0 aromatic rings. The van der Waals surface area contributed by atoms with Gasteiger partial charge < -0.3 is 9.84 Å². The van der Waals surface area contributed by atoms with Crippen molar-refractivity contribution in [3.05, 3.63) is 0 Å². The summed E-state index contributed by atoms with van der Waals surface area (Å²) >= 11 is 0. The molecule has 1 saturated heterocycles. The van der Waals surface area contributed by atoms with Gasteiger partial charge in [0, 0.05) is 0 Å². The second-order valence-corrected chi connectivity index (χ2v) is 9.04. The molecule has 3 heteroatoms. The number of hydrogen-bond acceptors (Lipinski definition) is 3. The summed E-state index contributed by atoms with van der Waals surface area (Å²) in [5, 5.41) is 9.93. The summed E-state index contributed by atoms with van der Waals surface area (Å²) in [6, 6.07) is 0. The van der Waals surface area contributed by atoms with Crippen LogP contribution in [0.3, 0.4) is 0 Å². The average molecular weight is 397 g/mol. The number of aliphatic hydroxyl groups is 1. The number of cyclic esters (lactones) is 1. The maximum absolute atomic E-state index is 11.6. The Hall–Kier alpha value is -0.570. The van der Waals surface area contributed by atoms with Crippen LogP contribution in [0.2, 0.25) is 0 Å². The van der Waals surface area contributed by atoms with Crippen molar-refractivity contribution < 1.29 is 14.6 Å². The molecule has 3 atom stereocenters. The number of hydrogen-bond donors (Lipinski definition) is 1. The molecule has 1 rings (SSSR count). The van der Waals surface area contributed by atoms with Crippen LogP contribution in [-0.2, 0) is 9.53 Å². The van der Waals surface area contributed by atoms with Crippen LogP contribution >= 0.6 is 0 Å². The molecule has 0 aliphatic carbocycles. The Kier molecular flexibility index (Phi) is 15.7. The Balaban J connectivity index is 1.74. The quantitative estimate of drug-likeness (QED) is 0.183. The highest BCUT2D eigenvalue weighted by Crippen LogP contribution is 2.26. The molecule has 0 amide bonds. The van der Waals surface area contributed by atoms with E-state index in [0.717, 1.165) is 12.8 Å². The predicted octanol–water partition coefficient (Wildman–Crippen LogP) is 7.34. The number of carbonyl (C=O) groups excluding carboxylic acids is 1. The van der Waals surface area contributed by atoms with Crippen molar-refractivity contribution in [3.63, 3.8) is 0 Å². The maximum atomic E-state index is 11.6. The van der Waals surface area contributed by atoms with E-state index in [2.05, 4.69) is 6.92 Å². The molecule has 166 valence electrons. The van der Waals surface area contributed by atoms with E-state index in [1.54, 1.807) is 6.92 Å². The van der Waals surface area contributed by atoms with E-state index in [-0.39, 0.29) is 18.0 Å². The maximum Gasteiger partial charge on any atom is 0.312 e. The zero-order valence-electron chi connectivity index (χ0n) is 18.9. The fourth-order valence-corrected chi connectivity index (χ4v) is 4.36. The van der Waals surface area contributed by atoms with Crippen LogP contribution in [0.1, 0.15) is 136 Å². The molecular formula is C25H48O3. The third kappa shape index (κ3) is 12.1. The molecule has 0 aromatic heterocycles. The Morgan fingerprint density at radius 2 is 1.04 bits per heavy atom. The minimum Gasteiger partial charge on any atom is -0.460 e. The van der Waals surface area contributed by atoms with E-state index in [9.17, 15) is 9.90 Å². The third-order valence-corrected chi connectivity index (χ3v) is 6.37. The van der Waals surface area contributed by atoms with Crippen molar-refractivity contribution in [3.8, 4) is 0 Å². The molecule has 0 spiro atoms. The van der Waals surface area contributed by atoms with Crippen LogP contribution in [0.25, 0.3) is 0 Å². The highest BCUT2D eigenvalue weighted by Gasteiger charge is 2.40. The lowest BCUT2D eigenvalue weighted by Crippen LogP contribution is -2.24. The Morgan fingerprint density at radius 3 is 1.36 bits per heavy atom. The predicted molar refractivity (Wildman–Crippen MR) is 118 cm³/mol. The minimum atomic E-state index is -0.599. The fraction of sp³-hybridized carbons (Fsp3) is 0.960. The number of unbranched alkanes of at least 4 members (excludes halogenated alkanes) is 17. The fourth-order valence-electron chi connectivity index (χ4n) is 4.36. The van der Waals surface area contributed by atoms with Crippen LogP contribution in [0, 0.1) is 5.92 Å². The third-order valence-electron chi connectivity index (χ3n) is 6.37. The Labute approximate surface area is 175 Å². The summed E-state index contributed by atoms with van der Waals surface area (Å²) in [6.45, 7) is 4.06. The van der Waals surface area contributed by atoms with Crippen molar-refractivity contribution >= 4 is 5.97 Å². The van der Waals surface area contributed by atoms with Gasteiger partial charge in [-0.15, -0.1) is 0 Å². The lowest BCUT2D eigenvalue weighted by Gasteiger charge is -2.11. The van der Waals surface area contributed by atoms with Crippen molar-refractivity contribution in [2.24, 2.45) is 5.92 Å². The lowest BCUT2D eigenvalue weighted by molar-refractivity contribution is -0.143. The molecule has 0 radical (unpaired) electrons. The van der Waals surface area contributed by atoms with Crippen molar-refractivity contribution in [2.45, 2.75) is 148 Å². The van der Waals surface area contributed by atoms with Crippen molar-refractivity contribution in [1.29, 1.82) is 0 Å². The smallest absolute Gasteiger partial charge is 0.312 e. The first-order valence-corrected chi connectivity index (χ1v) is 12.6. The van der Waals surface area contributed by atoms with Gasteiger partial charge >= 0.3 is 5.97 Å². The second kappa shape index (κ2) is 17.3. The number of ether oxygens (including phenoxy) is 1. The molecule has 1 heterocycles. The summed E-state index contributed by atoms with van der Waals surface area (Å²) in [7, 11) is 0. The molecule has 1 aliphatic rings. The lowest BCUT2D eigenvalue weighted by atomic mass is 9.95. The van der Waals surface area contributed by atoms with E-state index in [1.165, 1.54) is 109 Å². The van der Waals surface area contributed by atoms with Crippen LogP contribution in [-0.4, -0.2) is 23.3 Å². The first-order valence-electron chi connectivity index (χ1n) is 12.6. The summed E-state index contributed by atoms with van der Waals surface area (Å²) in [5.74, 6) is -0.483. The van der Waals surface area contributed by atoms with Crippen molar-refractivity contribution in [1.82, 2.24) is 0 Å². The van der Waals surface area contributed by atoms with Crippen LogP contribution < -0.4 is 0 Å². The Morgan fingerprint density at radius 1 is 0.679 bits per heavy atom. The molecule has 0 unspecified atom stereocenters. The summed E-state index contributed by atoms with van der Waals surface area (Å²) in [5.41, 5.74) is 0. The first kappa shape index (κ1) is 25.5. The largest absolute Gasteiger partial charge is 0.460 e. The number of carbonyl (C=O) groups is 1. The van der Waals surface area contributed by atoms with Gasteiger partial charge in [0.05, 0.1) is 5.92 Å². The summed E-state index contributed by atoms with van der Waals surface area (Å²) in [4.78, 5) is 11.6. The second-order valence-electron chi connectivity index (χ2n) is 9.04. The molecule has 3 nitrogen and oxygen atoms in total. The van der Waals surface area contributed by atoms with E-state index in [4.69, 9.17) is 4.74 Å². The van der Waals surface area contributed by atoms with Crippen LogP contribution in [0.5, 0.6) is 0 Å². The van der Waals surface area contributed by atoms with Gasteiger partial charge in [-0.3, -0.25) is 4.79 Å². The number of rotatable bonds is 19. The van der Waals surface area contributed by atoms with E-state index in [0.29, 0.717) is 0 Å². The van der Waals surface area contributed by atoms with Gasteiger partial charge in [-0.2, -0.15) is 0 Å². The molecule has 0 saturated carbocycles. The molecule has 1 N–H and O–H groups in total. The molecule has 0 bridgehead atoms. The van der Waals surface area contributed by atoms with Gasteiger partial charge in [0.1, 0.15) is 12.2 Å². The normalized spacial score (nSPS) is 22.0. The summed E-state index contributed by atoms with van der Waals surface area (Å²) < 4.78 is 5.08. The van der Waals surface area contributed by atoms with E-state index < -0.39 is 6.10 Å². The summed E-state index contributed by atoms with van der Waals surface area (Å²) in [6.07, 6.45) is 24.5. The van der Waals surface area contributed by atoms with E-state index >= 15 is 0 Å². The van der Waals surface area contributed by atoms with Gasteiger partial charge in [-0.25, -0.2) is 0 Å². The van der Waals surface area contributed by atoms with Gasteiger partial charge in [-0.1, -0.05) is 122 Å². The van der Waals surface area contributed by atoms with Crippen LogP contribution in [0.15, 0.2) is 0 Å². The van der Waals surface area contributed by atoms with Gasteiger partial charge in [-0.05, 0) is 13.3 Å². The number of esters is 1. The van der Waals surface area contributed by atoms with Gasteiger partial charge in [0.25, 0.3) is 0 Å². The number of aliphatic hydroxyl groups excluding tert-OH is 1. The minimum absolute atomic E-state index is 0.202. The molecule has 1 fully saturated rings. The highest BCUT2D eigenvalue weighted by atomic mass is 16.6.